The lowest BCUT2D eigenvalue weighted by Gasteiger charge is -2.38. The Morgan fingerprint density at radius 1 is 1.33 bits per heavy atom. The third-order valence-electron chi connectivity index (χ3n) is 4.59. The first-order valence-corrected chi connectivity index (χ1v) is 9.57. The Balaban J connectivity index is 1.97. The number of morpholine rings is 1. The van der Waals surface area contributed by atoms with Gasteiger partial charge in [0.2, 0.25) is 0 Å². The summed E-state index contributed by atoms with van der Waals surface area (Å²) in [5.74, 6) is 0.673. The average Bonchev–Trinajstić information content (AvgIpc) is 2.54. The van der Waals surface area contributed by atoms with Crippen LogP contribution in [0.2, 0.25) is 0 Å². The zero-order valence-corrected chi connectivity index (χ0v) is 14.0. The molecule has 0 aromatic rings. The molecule has 0 unspecified atom stereocenters. The van der Waals surface area contributed by atoms with E-state index < -0.39 is 10.8 Å². The summed E-state index contributed by atoms with van der Waals surface area (Å²) in [7, 11) is -0.833. The minimum absolute atomic E-state index is 0.00449. The van der Waals surface area contributed by atoms with Crippen molar-refractivity contribution >= 4 is 16.8 Å². The highest BCUT2D eigenvalue weighted by molar-refractivity contribution is 7.85. The molecule has 2 fully saturated rings. The van der Waals surface area contributed by atoms with Gasteiger partial charge >= 0.3 is 6.03 Å². The number of amides is 2. The van der Waals surface area contributed by atoms with Gasteiger partial charge in [-0.1, -0.05) is 26.7 Å². The van der Waals surface area contributed by atoms with Gasteiger partial charge in [-0.2, -0.15) is 0 Å². The zero-order valence-electron chi connectivity index (χ0n) is 13.2. The fourth-order valence-electron chi connectivity index (χ4n) is 3.29. The van der Waals surface area contributed by atoms with Gasteiger partial charge < -0.3 is 15.0 Å². The quantitative estimate of drug-likeness (QED) is 0.861. The van der Waals surface area contributed by atoms with Crippen LogP contribution in [0.25, 0.3) is 0 Å². The second-order valence-electron chi connectivity index (χ2n) is 5.88. The van der Waals surface area contributed by atoms with Gasteiger partial charge in [-0.15, -0.1) is 0 Å². The van der Waals surface area contributed by atoms with Crippen molar-refractivity contribution in [3.05, 3.63) is 0 Å². The van der Waals surface area contributed by atoms with Gasteiger partial charge in [0.1, 0.15) is 0 Å². The highest BCUT2D eigenvalue weighted by Crippen LogP contribution is 2.23. The molecule has 2 aliphatic rings. The highest BCUT2D eigenvalue weighted by atomic mass is 32.2. The Morgan fingerprint density at radius 2 is 2.10 bits per heavy atom. The molecule has 0 radical (unpaired) electrons. The van der Waals surface area contributed by atoms with E-state index in [1.54, 1.807) is 0 Å². The molecule has 0 spiro atoms. The Kier molecular flexibility index (Phi) is 6.48. The van der Waals surface area contributed by atoms with E-state index in [2.05, 4.69) is 12.2 Å². The summed E-state index contributed by atoms with van der Waals surface area (Å²) in [4.78, 5) is 14.4. The van der Waals surface area contributed by atoms with Gasteiger partial charge in [-0.3, -0.25) is 4.21 Å². The number of ether oxygens (including phenoxy) is 1. The summed E-state index contributed by atoms with van der Waals surface area (Å²) in [6, 6.07) is 0.222. The molecule has 1 aliphatic heterocycles. The van der Waals surface area contributed by atoms with E-state index in [-0.39, 0.29) is 23.4 Å². The first-order chi connectivity index (χ1) is 10.2. The molecule has 5 nitrogen and oxygen atoms in total. The topological polar surface area (TPSA) is 58.6 Å². The normalized spacial score (nSPS) is 31.7. The predicted octanol–water partition coefficient (Wildman–Crippen LogP) is 1.89. The Morgan fingerprint density at radius 3 is 2.81 bits per heavy atom. The monoisotopic (exact) mass is 316 g/mol. The van der Waals surface area contributed by atoms with E-state index in [0.717, 1.165) is 32.1 Å². The summed E-state index contributed by atoms with van der Waals surface area (Å²) < 4.78 is 17.6. The Bertz CT molecular complexity index is 378. The SMILES string of the molecule is CC[C@@H]1COCCN1C(=O)N[C@@H]1CCCC[C@H]1[S@@](=O)CC. The van der Waals surface area contributed by atoms with Gasteiger partial charge in [0, 0.05) is 29.1 Å². The lowest BCUT2D eigenvalue weighted by Crippen LogP contribution is -2.57. The maximum atomic E-state index is 12.6. The molecule has 21 heavy (non-hydrogen) atoms. The third-order valence-corrected chi connectivity index (χ3v) is 6.40. The third kappa shape index (κ3) is 4.19. The van der Waals surface area contributed by atoms with Crippen LogP contribution < -0.4 is 5.32 Å². The van der Waals surface area contributed by atoms with E-state index in [9.17, 15) is 9.00 Å². The molecule has 0 bridgehead atoms. The molecular weight excluding hydrogens is 288 g/mol. The molecule has 1 saturated heterocycles. The van der Waals surface area contributed by atoms with Crippen LogP contribution in [0.15, 0.2) is 0 Å². The van der Waals surface area contributed by atoms with Crippen molar-refractivity contribution in [2.75, 3.05) is 25.5 Å². The standard InChI is InChI=1S/C15H28N2O3S/c1-3-12-11-20-10-9-17(12)15(18)16-13-7-5-6-8-14(13)21(19)4-2/h12-14H,3-11H2,1-2H3,(H,16,18)/t12-,13-,14-,21+/m1/s1. The molecule has 122 valence electrons. The van der Waals surface area contributed by atoms with Gasteiger partial charge in [0.05, 0.1) is 24.5 Å². The summed E-state index contributed by atoms with van der Waals surface area (Å²) in [6.07, 6.45) is 5.05. The van der Waals surface area contributed by atoms with Gasteiger partial charge in [0.25, 0.3) is 0 Å². The molecule has 0 aromatic heterocycles. The lowest BCUT2D eigenvalue weighted by molar-refractivity contribution is 0.0105. The van der Waals surface area contributed by atoms with Gasteiger partial charge in [-0.05, 0) is 19.3 Å². The number of rotatable bonds is 4. The van der Waals surface area contributed by atoms with Gasteiger partial charge in [-0.25, -0.2) is 4.79 Å². The number of hydrogen-bond donors (Lipinski definition) is 1. The molecule has 6 heteroatoms. The summed E-state index contributed by atoms with van der Waals surface area (Å²) >= 11 is 0. The summed E-state index contributed by atoms with van der Waals surface area (Å²) in [5.41, 5.74) is 0. The number of carbonyl (C=O) groups excluding carboxylic acids is 1. The molecule has 2 rings (SSSR count). The van der Waals surface area contributed by atoms with Crippen LogP contribution in [0.3, 0.4) is 0 Å². The van der Waals surface area contributed by atoms with E-state index >= 15 is 0 Å². The van der Waals surface area contributed by atoms with Crippen LogP contribution in [0.5, 0.6) is 0 Å². The van der Waals surface area contributed by atoms with E-state index in [0.29, 0.717) is 25.5 Å². The zero-order chi connectivity index (χ0) is 15.2. The molecular formula is C15H28N2O3S. The largest absolute Gasteiger partial charge is 0.377 e. The minimum atomic E-state index is -0.833. The fraction of sp³-hybridized carbons (Fsp3) is 0.933. The van der Waals surface area contributed by atoms with Crippen LogP contribution in [0.1, 0.15) is 46.0 Å². The molecule has 1 aliphatic carbocycles. The maximum Gasteiger partial charge on any atom is 0.318 e. The number of carbonyl (C=O) groups is 1. The minimum Gasteiger partial charge on any atom is -0.377 e. The van der Waals surface area contributed by atoms with Crippen molar-refractivity contribution in [3.63, 3.8) is 0 Å². The second-order valence-corrected chi connectivity index (χ2v) is 7.82. The molecule has 1 saturated carbocycles. The Hall–Kier alpha value is -0.620. The highest BCUT2D eigenvalue weighted by Gasteiger charge is 2.33. The first-order valence-electron chi connectivity index (χ1n) is 8.19. The van der Waals surface area contributed by atoms with E-state index in [1.165, 1.54) is 0 Å². The average molecular weight is 316 g/mol. The molecule has 4 atom stereocenters. The fourth-order valence-corrected chi connectivity index (χ4v) is 4.72. The van der Waals surface area contributed by atoms with E-state index in [1.807, 2.05) is 11.8 Å². The van der Waals surface area contributed by atoms with Crippen LogP contribution in [-0.4, -0.2) is 58.0 Å². The Labute approximate surface area is 130 Å². The maximum absolute atomic E-state index is 12.6. The number of hydrogen-bond acceptors (Lipinski definition) is 3. The number of nitrogens with one attached hydrogen (secondary N) is 1. The smallest absolute Gasteiger partial charge is 0.318 e. The van der Waals surface area contributed by atoms with Crippen LogP contribution in [0, 0.1) is 0 Å². The molecule has 2 amide bonds. The van der Waals surface area contributed by atoms with Crippen molar-refractivity contribution < 1.29 is 13.7 Å². The first kappa shape index (κ1) is 16.7. The van der Waals surface area contributed by atoms with Crippen molar-refractivity contribution in [2.24, 2.45) is 0 Å². The van der Waals surface area contributed by atoms with E-state index in [4.69, 9.17) is 4.74 Å². The van der Waals surface area contributed by atoms with Crippen molar-refractivity contribution in [1.29, 1.82) is 0 Å². The molecule has 1 heterocycles. The number of urea groups is 1. The van der Waals surface area contributed by atoms with Gasteiger partial charge in [0.15, 0.2) is 0 Å². The van der Waals surface area contributed by atoms with Crippen molar-refractivity contribution in [2.45, 2.75) is 63.3 Å². The van der Waals surface area contributed by atoms with Crippen molar-refractivity contribution in [1.82, 2.24) is 10.2 Å². The van der Waals surface area contributed by atoms with Crippen LogP contribution >= 0.6 is 0 Å². The molecule has 1 N–H and O–H groups in total. The van der Waals surface area contributed by atoms with Crippen molar-refractivity contribution in [3.8, 4) is 0 Å². The summed E-state index contributed by atoms with van der Waals surface area (Å²) in [5, 5.41) is 3.28. The van der Waals surface area contributed by atoms with Crippen LogP contribution in [-0.2, 0) is 15.5 Å². The number of nitrogens with zero attached hydrogens (tertiary/aromatic N) is 1. The lowest BCUT2D eigenvalue weighted by atomic mass is 9.95. The predicted molar refractivity (Wildman–Crippen MR) is 84.9 cm³/mol. The molecule has 0 aromatic carbocycles. The van der Waals surface area contributed by atoms with Crippen LogP contribution in [0.4, 0.5) is 4.79 Å². The second kappa shape index (κ2) is 8.13. The summed E-state index contributed by atoms with van der Waals surface area (Å²) in [6.45, 7) is 5.92.